The third kappa shape index (κ3) is 5.30. The maximum atomic E-state index is 12.2. The predicted octanol–water partition coefficient (Wildman–Crippen LogP) is 2.72. The van der Waals surface area contributed by atoms with Crippen LogP contribution in [0.4, 0.5) is 10.5 Å². The Hall–Kier alpha value is -1.11. The predicted molar refractivity (Wildman–Crippen MR) is 87.3 cm³/mol. The van der Waals surface area contributed by atoms with Crippen LogP contribution in [0.15, 0.2) is 18.2 Å². The summed E-state index contributed by atoms with van der Waals surface area (Å²) in [5, 5.41) is 3.36. The lowest BCUT2D eigenvalue weighted by Gasteiger charge is -2.25. The highest BCUT2D eigenvalue weighted by atomic mass is 35.5. The zero-order valence-electron chi connectivity index (χ0n) is 12.7. The molecule has 0 saturated heterocycles. The van der Waals surface area contributed by atoms with Crippen molar-refractivity contribution in [2.24, 2.45) is 0 Å². The van der Waals surface area contributed by atoms with Gasteiger partial charge in [-0.15, -0.1) is 0 Å². The van der Waals surface area contributed by atoms with Gasteiger partial charge >= 0.3 is 6.03 Å². The van der Waals surface area contributed by atoms with Crippen LogP contribution in [0.5, 0.6) is 0 Å². The van der Waals surface area contributed by atoms with Gasteiger partial charge < -0.3 is 15.0 Å². The molecule has 0 aromatic heterocycles. The number of ether oxygens (including phenoxy) is 1. The molecule has 0 aliphatic rings. The van der Waals surface area contributed by atoms with Crippen LogP contribution in [-0.2, 0) is 22.1 Å². The van der Waals surface area contributed by atoms with Crippen LogP contribution < -0.4 is 5.32 Å². The van der Waals surface area contributed by atoms with Crippen LogP contribution in [0.25, 0.3) is 0 Å². The van der Waals surface area contributed by atoms with Gasteiger partial charge in [-0.1, -0.05) is 17.7 Å². The van der Waals surface area contributed by atoms with Crippen molar-refractivity contribution in [3.63, 3.8) is 0 Å². The molecule has 1 aromatic carbocycles. The summed E-state index contributed by atoms with van der Waals surface area (Å²) in [4.78, 5) is 13.8. The summed E-state index contributed by atoms with van der Waals surface area (Å²) in [5.41, 5.74) is 1.35. The first-order valence-corrected chi connectivity index (χ1v) is 8.57. The third-order valence-electron chi connectivity index (χ3n) is 3.11. The number of benzene rings is 1. The molecule has 21 heavy (non-hydrogen) atoms. The fraction of sp³-hybridized carbons (Fsp3) is 0.500. The Balaban J connectivity index is 2.83. The molecule has 0 aliphatic heterocycles. The molecule has 0 bridgehead atoms. The number of carbonyl (C=O) groups excluding carboxylic acids is 1. The van der Waals surface area contributed by atoms with Crippen LogP contribution in [0.1, 0.15) is 12.5 Å². The molecule has 5 nitrogen and oxygen atoms in total. The molecule has 0 radical (unpaired) electrons. The fourth-order valence-corrected chi connectivity index (χ4v) is 2.95. The molecule has 0 heterocycles. The second-order valence-electron chi connectivity index (χ2n) is 4.83. The van der Waals surface area contributed by atoms with Gasteiger partial charge in [0.2, 0.25) is 0 Å². The molecule has 118 valence electrons. The zero-order valence-corrected chi connectivity index (χ0v) is 14.3. The number of urea groups is 1. The van der Waals surface area contributed by atoms with E-state index < -0.39 is 10.8 Å². The van der Waals surface area contributed by atoms with E-state index >= 15 is 0 Å². The summed E-state index contributed by atoms with van der Waals surface area (Å²) >= 11 is 6.12. The Morgan fingerprint density at radius 1 is 1.52 bits per heavy atom. The zero-order chi connectivity index (χ0) is 16.0. The lowest BCUT2D eigenvalue weighted by molar-refractivity contribution is 0.185. The average Bonchev–Trinajstić information content (AvgIpc) is 2.41. The van der Waals surface area contributed by atoms with Crippen LogP contribution in [0.2, 0.25) is 5.02 Å². The minimum Gasteiger partial charge on any atom is -0.380 e. The normalized spacial score (nSPS) is 13.6. The fourth-order valence-electron chi connectivity index (χ4n) is 1.82. The largest absolute Gasteiger partial charge is 0.380 e. The molecule has 1 N–H and O–H groups in total. The van der Waals surface area contributed by atoms with Crippen molar-refractivity contribution in [2.45, 2.75) is 19.6 Å². The first-order chi connectivity index (χ1) is 9.86. The topological polar surface area (TPSA) is 58.6 Å². The van der Waals surface area contributed by atoms with Crippen LogP contribution >= 0.6 is 11.6 Å². The van der Waals surface area contributed by atoms with E-state index in [1.807, 2.05) is 6.92 Å². The highest BCUT2D eigenvalue weighted by Crippen LogP contribution is 2.25. The second-order valence-corrected chi connectivity index (χ2v) is 6.72. The maximum Gasteiger partial charge on any atom is 0.321 e. The highest BCUT2D eigenvalue weighted by Gasteiger charge is 2.18. The first-order valence-electron chi connectivity index (χ1n) is 6.47. The van der Waals surface area contributed by atoms with Crippen molar-refractivity contribution in [3.05, 3.63) is 28.8 Å². The molecule has 0 spiro atoms. The van der Waals surface area contributed by atoms with E-state index in [0.29, 0.717) is 23.1 Å². The van der Waals surface area contributed by atoms with Gasteiger partial charge in [0.15, 0.2) is 0 Å². The van der Waals surface area contributed by atoms with E-state index in [9.17, 15) is 9.00 Å². The number of methoxy groups -OCH3 is 1. The molecule has 2 atom stereocenters. The molecule has 0 aliphatic carbocycles. The average molecular weight is 333 g/mol. The number of rotatable bonds is 6. The Labute approximate surface area is 133 Å². The maximum absolute atomic E-state index is 12.2. The van der Waals surface area contributed by atoms with E-state index in [1.165, 1.54) is 4.90 Å². The number of anilines is 1. The van der Waals surface area contributed by atoms with E-state index in [4.69, 9.17) is 16.3 Å². The molecule has 0 unspecified atom stereocenters. The smallest absolute Gasteiger partial charge is 0.321 e. The summed E-state index contributed by atoms with van der Waals surface area (Å²) in [6.45, 7) is 2.17. The monoisotopic (exact) mass is 332 g/mol. The van der Waals surface area contributed by atoms with Gasteiger partial charge in [0.25, 0.3) is 0 Å². The molecular weight excluding hydrogens is 312 g/mol. The third-order valence-corrected chi connectivity index (χ3v) is 4.41. The highest BCUT2D eigenvalue weighted by molar-refractivity contribution is 7.84. The first kappa shape index (κ1) is 17.9. The minimum absolute atomic E-state index is 0.124. The van der Waals surface area contributed by atoms with E-state index in [2.05, 4.69) is 5.32 Å². The molecule has 0 saturated carbocycles. The van der Waals surface area contributed by atoms with Gasteiger partial charge in [-0.05, 0) is 19.1 Å². The van der Waals surface area contributed by atoms with E-state index in [-0.39, 0.29) is 12.1 Å². The van der Waals surface area contributed by atoms with Gasteiger partial charge in [-0.3, -0.25) is 4.21 Å². The van der Waals surface area contributed by atoms with Crippen molar-refractivity contribution in [1.29, 1.82) is 0 Å². The lowest BCUT2D eigenvalue weighted by Crippen LogP contribution is -2.41. The second kappa shape index (κ2) is 8.36. The summed E-state index contributed by atoms with van der Waals surface area (Å²) in [6, 6.07) is 4.89. The number of hydrogen-bond acceptors (Lipinski definition) is 3. The molecule has 7 heteroatoms. The number of hydrogen-bond donors (Lipinski definition) is 1. The van der Waals surface area contributed by atoms with Gasteiger partial charge in [0.05, 0.1) is 6.61 Å². The quantitative estimate of drug-likeness (QED) is 0.871. The summed E-state index contributed by atoms with van der Waals surface area (Å²) in [7, 11) is 2.29. The lowest BCUT2D eigenvalue weighted by atomic mass is 10.2. The number of nitrogens with one attached hydrogen (secondary N) is 1. The number of nitrogens with zero attached hydrogens (tertiary/aromatic N) is 1. The molecule has 1 aromatic rings. The van der Waals surface area contributed by atoms with Crippen molar-refractivity contribution >= 4 is 34.1 Å². The van der Waals surface area contributed by atoms with Gasteiger partial charge in [0, 0.05) is 59.3 Å². The van der Waals surface area contributed by atoms with Gasteiger partial charge in [0.1, 0.15) is 0 Å². The Bertz CT molecular complexity index is 525. The minimum atomic E-state index is -0.953. The number of carbonyl (C=O) groups is 1. The molecule has 0 fully saturated rings. The van der Waals surface area contributed by atoms with Crippen molar-refractivity contribution < 1.29 is 13.7 Å². The molecule has 2 amide bonds. The van der Waals surface area contributed by atoms with E-state index in [1.54, 1.807) is 38.6 Å². The summed E-state index contributed by atoms with van der Waals surface area (Å²) in [5.74, 6) is 0.435. The van der Waals surface area contributed by atoms with Crippen LogP contribution in [0.3, 0.4) is 0 Å². The Morgan fingerprint density at radius 2 is 2.19 bits per heavy atom. The SMILES string of the molecule is COCc1c(Cl)cccc1NC(=O)N(C)[C@@H](C)C[S@](C)=O. The summed E-state index contributed by atoms with van der Waals surface area (Å²) < 4.78 is 16.3. The van der Waals surface area contributed by atoms with E-state index in [0.717, 1.165) is 5.56 Å². The van der Waals surface area contributed by atoms with Crippen LogP contribution in [-0.4, -0.2) is 47.3 Å². The molecule has 1 rings (SSSR count). The Kier molecular flexibility index (Phi) is 7.14. The number of halogens is 1. The van der Waals surface area contributed by atoms with Gasteiger partial charge in [-0.25, -0.2) is 4.79 Å². The number of amides is 2. The van der Waals surface area contributed by atoms with Crippen LogP contribution in [0, 0.1) is 0 Å². The summed E-state index contributed by atoms with van der Waals surface area (Å²) in [6.07, 6.45) is 1.62. The van der Waals surface area contributed by atoms with Gasteiger partial charge in [-0.2, -0.15) is 0 Å². The van der Waals surface area contributed by atoms with Crippen molar-refractivity contribution in [1.82, 2.24) is 4.90 Å². The molecular formula is C14H21ClN2O3S. The van der Waals surface area contributed by atoms with Crippen molar-refractivity contribution in [3.8, 4) is 0 Å². The van der Waals surface area contributed by atoms with Crippen molar-refractivity contribution in [2.75, 3.05) is 31.5 Å². The Morgan fingerprint density at radius 3 is 2.76 bits per heavy atom. The standard InChI is InChI=1S/C14H21ClN2O3S/c1-10(9-21(4)19)17(2)14(18)16-13-7-5-6-12(15)11(13)8-20-3/h5-7,10H,8-9H2,1-4H3,(H,16,18)/t10-,21-/m0/s1.